The number of carbonyl (C=O) groups is 2. The third-order valence-corrected chi connectivity index (χ3v) is 4.13. The lowest BCUT2D eigenvalue weighted by molar-refractivity contribution is -0.114. The first-order chi connectivity index (χ1) is 13.4. The SMILES string of the molecule is CC(=O)Nc1ccc(Nc2cc(C(=O)Nc3ccc(C)cc3C)ccn2)cc1. The maximum atomic E-state index is 12.6. The van der Waals surface area contributed by atoms with Gasteiger partial charge in [-0.2, -0.15) is 0 Å². The fourth-order valence-electron chi connectivity index (χ4n) is 2.78. The molecule has 28 heavy (non-hydrogen) atoms. The molecule has 0 radical (unpaired) electrons. The van der Waals surface area contributed by atoms with E-state index >= 15 is 0 Å². The van der Waals surface area contributed by atoms with E-state index in [2.05, 4.69) is 20.9 Å². The fraction of sp³-hybridized carbons (Fsp3) is 0.136. The van der Waals surface area contributed by atoms with E-state index < -0.39 is 0 Å². The number of carbonyl (C=O) groups excluding carboxylic acids is 2. The van der Waals surface area contributed by atoms with Crippen LogP contribution in [0.2, 0.25) is 0 Å². The number of amides is 2. The summed E-state index contributed by atoms with van der Waals surface area (Å²) in [4.78, 5) is 27.9. The minimum absolute atomic E-state index is 0.120. The van der Waals surface area contributed by atoms with E-state index in [1.807, 2.05) is 44.2 Å². The summed E-state index contributed by atoms with van der Waals surface area (Å²) in [5, 5.41) is 8.81. The summed E-state index contributed by atoms with van der Waals surface area (Å²) in [6, 6.07) is 16.5. The van der Waals surface area contributed by atoms with Crippen LogP contribution < -0.4 is 16.0 Å². The number of nitrogens with one attached hydrogen (secondary N) is 3. The van der Waals surface area contributed by atoms with Gasteiger partial charge in [-0.15, -0.1) is 0 Å². The van der Waals surface area contributed by atoms with Crippen LogP contribution in [0.15, 0.2) is 60.8 Å². The molecule has 0 aliphatic heterocycles. The first-order valence-corrected chi connectivity index (χ1v) is 8.90. The second-order valence-electron chi connectivity index (χ2n) is 6.59. The highest BCUT2D eigenvalue weighted by Gasteiger charge is 2.09. The molecule has 1 aromatic heterocycles. The molecule has 3 rings (SSSR count). The summed E-state index contributed by atoms with van der Waals surface area (Å²) < 4.78 is 0. The van der Waals surface area contributed by atoms with Gasteiger partial charge in [0, 0.05) is 35.7 Å². The molecule has 3 aromatic rings. The van der Waals surface area contributed by atoms with Gasteiger partial charge in [0.2, 0.25) is 5.91 Å². The van der Waals surface area contributed by atoms with Crippen molar-refractivity contribution in [1.82, 2.24) is 4.98 Å². The molecular formula is C22H22N4O2. The summed E-state index contributed by atoms with van der Waals surface area (Å²) in [5.41, 5.74) is 4.97. The Balaban J connectivity index is 1.71. The Labute approximate surface area is 164 Å². The minimum Gasteiger partial charge on any atom is -0.340 e. The van der Waals surface area contributed by atoms with E-state index in [-0.39, 0.29) is 11.8 Å². The molecule has 142 valence electrons. The third kappa shape index (κ3) is 4.94. The van der Waals surface area contributed by atoms with Gasteiger partial charge < -0.3 is 16.0 Å². The number of nitrogens with zero attached hydrogens (tertiary/aromatic N) is 1. The summed E-state index contributed by atoms with van der Waals surface area (Å²) in [5.74, 6) is 0.240. The van der Waals surface area contributed by atoms with Crippen molar-refractivity contribution in [2.45, 2.75) is 20.8 Å². The normalized spacial score (nSPS) is 10.2. The molecule has 6 heteroatoms. The van der Waals surface area contributed by atoms with Crippen LogP contribution in [0, 0.1) is 13.8 Å². The van der Waals surface area contributed by atoms with Gasteiger partial charge in [0.25, 0.3) is 5.91 Å². The number of hydrogen-bond acceptors (Lipinski definition) is 4. The van der Waals surface area contributed by atoms with Crippen molar-refractivity contribution in [3.63, 3.8) is 0 Å². The van der Waals surface area contributed by atoms with Crippen molar-refractivity contribution in [3.05, 3.63) is 77.5 Å². The van der Waals surface area contributed by atoms with Crippen molar-refractivity contribution in [3.8, 4) is 0 Å². The Kier molecular flexibility index (Phi) is 5.69. The smallest absolute Gasteiger partial charge is 0.255 e. The van der Waals surface area contributed by atoms with Gasteiger partial charge in [-0.05, 0) is 61.9 Å². The standard InChI is InChI=1S/C22H22N4O2/c1-14-4-9-20(15(2)12-14)26-22(28)17-10-11-23-21(13-17)25-19-7-5-18(6-8-19)24-16(3)27/h4-13H,1-3H3,(H,23,25)(H,24,27)(H,26,28). The molecule has 0 atom stereocenters. The van der Waals surface area contributed by atoms with Gasteiger partial charge in [-0.1, -0.05) is 17.7 Å². The van der Waals surface area contributed by atoms with Crippen LogP contribution in [0.5, 0.6) is 0 Å². The van der Waals surface area contributed by atoms with Crippen molar-refractivity contribution >= 4 is 34.7 Å². The fourth-order valence-corrected chi connectivity index (χ4v) is 2.78. The average molecular weight is 374 g/mol. The number of aryl methyl sites for hydroxylation is 2. The van der Waals surface area contributed by atoms with Crippen molar-refractivity contribution in [2.24, 2.45) is 0 Å². The maximum Gasteiger partial charge on any atom is 0.255 e. The Bertz CT molecular complexity index is 1010. The number of anilines is 4. The highest BCUT2D eigenvalue weighted by atomic mass is 16.2. The molecule has 0 spiro atoms. The molecule has 6 nitrogen and oxygen atoms in total. The lowest BCUT2D eigenvalue weighted by Gasteiger charge is -2.11. The molecule has 2 aromatic carbocycles. The van der Waals surface area contributed by atoms with Gasteiger partial charge in [-0.3, -0.25) is 9.59 Å². The summed E-state index contributed by atoms with van der Waals surface area (Å²) in [6.07, 6.45) is 1.59. The Hall–Kier alpha value is -3.67. The highest BCUT2D eigenvalue weighted by Crippen LogP contribution is 2.20. The number of aromatic nitrogens is 1. The molecule has 0 unspecified atom stereocenters. The van der Waals surface area contributed by atoms with E-state index in [9.17, 15) is 9.59 Å². The van der Waals surface area contributed by atoms with Crippen LogP contribution in [-0.4, -0.2) is 16.8 Å². The highest BCUT2D eigenvalue weighted by molar-refractivity contribution is 6.05. The quantitative estimate of drug-likeness (QED) is 0.607. The van der Waals surface area contributed by atoms with Gasteiger partial charge in [0.1, 0.15) is 5.82 Å². The summed E-state index contributed by atoms with van der Waals surface area (Å²) in [7, 11) is 0. The van der Waals surface area contributed by atoms with E-state index in [4.69, 9.17) is 0 Å². The second-order valence-corrected chi connectivity index (χ2v) is 6.59. The van der Waals surface area contributed by atoms with Gasteiger partial charge in [0.05, 0.1) is 0 Å². The zero-order valence-corrected chi connectivity index (χ0v) is 16.0. The van der Waals surface area contributed by atoms with E-state index in [1.54, 1.807) is 30.5 Å². The maximum absolute atomic E-state index is 12.6. The number of pyridine rings is 1. The number of benzene rings is 2. The first-order valence-electron chi connectivity index (χ1n) is 8.90. The van der Waals surface area contributed by atoms with Gasteiger partial charge >= 0.3 is 0 Å². The van der Waals surface area contributed by atoms with Crippen LogP contribution in [0.1, 0.15) is 28.4 Å². The number of hydrogen-bond donors (Lipinski definition) is 3. The molecule has 0 aliphatic rings. The molecule has 1 heterocycles. The molecule has 0 saturated heterocycles. The Morgan fingerprint density at radius 3 is 2.25 bits per heavy atom. The third-order valence-electron chi connectivity index (χ3n) is 4.13. The van der Waals surface area contributed by atoms with Crippen LogP contribution >= 0.6 is 0 Å². The zero-order chi connectivity index (χ0) is 20.1. The van der Waals surface area contributed by atoms with Crippen molar-refractivity contribution < 1.29 is 9.59 Å². The molecule has 3 N–H and O–H groups in total. The molecule has 0 saturated carbocycles. The van der Waals surface area contributed by atoms with Crippen molar-refractivity contribution in [1.29, 1.82) is 0 Å². The molecule has 0 fully saturated rings. The van der Waals surface area contributed by atoms with E-state index in [1.165, 1.54) is 6.92 Å². The second kappa shape index (κ2) is 8.35. The average Bonchev–Trinajstić information content (AvgIpc) is 2.65. The molecule has 0 aliphatic carbocycles. The van der Waals surface area contributed by atoms with E-state index in [0.29, 0.717) is 17.1 Å². The monoisotopic (exact) mass is 374 g/mol. The van der Waals surface area contributed by atoms with Gasteiger partial charge in [-0.25, -0.2) is 4.98 Å². The Morgan fingerprint density at radius 1 is 0.857 bits per heavy atom. The predicted molar refractivity (Wildman–Crippen MR) is 112 cm³/mol. The lowest BCUT2D eigenvalue weighted by atomic mass is 10.1. The predicted octanol–water partition coefficient (Wildman–Crippen LogP) is 4.65. The van der Waals surface area contributed by atoms with Crippen molar-refractivity contribution in [2.75, 3.05) is 16.0 Å². The largest absolute Gasteiger partial charge is 0.340 e. The number of rotatable bonds is 5. The first kappa shape index (κ1) is 19.1. The van der Waals surface area contributed by atoms with Crippen LogP contribution in [0.4, 0.5) is 22.9 Å². The molecular weight excluding hydrogens is 352 g/mol. The molecule has 2 amide bonds. The zero-order valence-electron chi connectivity index (χ0n) is 16.0. The van der Waals surface area contributed by atoms with Crippen LogP contribution in [0.25, 0.3) is 0 Å². The van der Waals surface area contributed by atoms with Gasteiger partial charge in [0.15, 0.2) is 0 Å². The van der Waals surface area contributed by atoms with E-state index in [0.717, 1.165) is 22.5 Å². The topological polar surface area (TPSA) is 83.1 Å². The van der Waals surface area contributed by atoms with Crippen LogP contribution in [-0.2, 0) is 4.79 Å². The lowest BCUT2D eigenvalue weighted by Crippen LogP contribution is -2.13. The minimum atomic E-state index is -0.196. The summed E-state index contributed by atoms with van der Waals surface area (Å²) in [6.45, 7) is 5.44. The summed E-state index contributed by atoms with van der Waals surface area (Å²) >= 11 is 0. The Morgan fingerprint density at radius 2 is 1.57 bits per heavy atom. The van der Waals surface area contributed by atoms with Crippen LogP contribution in [0.3, 0.4) is 0 Å². The molecule has 0 bridgehead atoms.